The molecule has 0 bridgehead atoms. The summed E-state index contributed by atoms with van der Waals surface area (Å²) in [6.45, 7) is 2.24. The van der Waals surface area contributed by atoms with Crippen molar-refractivity contribution in [1.29, 1.82) is 0 Å². The molecule has 0 aliphatic carbocycles. The van der Waals surface area contributed by atoms with E-state index in [1.807, 2.05) is 0 Å². The quantitative estimate of drug-likeness (QED) is 0.443. The molecule has 0 spiro atoms. The SMILES string of the molecule is CCCCCCCCCCC[C@@H]1O[C@@H]1C(=O)O. The molecule has 0 unspecified atom stereocenters. The highest BCUT2D eigenvalue weighted by atomic mass is 16.6. The molecule has 0 amide bonds. The Kier molecular flexibility index (Phi) is 7.25. The van der Waals surface area contributed by atoms with Crippen LogP contribution in [-0.4, -0.2) is 23.3 Å². The van der Waals surface area contributed by atoms with Gasteiger partial charge in [-0.2, -0.15) is 0 Å². The molecular formula is C14H26O3. The maximum atomic E-state index is 10.5. The van der Waals surface area contributed by atoms with Crippen molar-refractivity contribution in [1.82, 2.24) is 0 Å². The fraction of sp³-hybridized carbons (Fsp3) is 0.929. The second-order valence-electron chi connectivity index (χ2n) is 5.05. The maximum Gasteiger partial charge on any atom is 0.335 e. The van der Waals surface area contributed by atoms with Gasteiger partial charge in [-0.25, -0.2) is 4.79 Å². The highest BCUT2D eigenvalue weighted by Crippen LogP contribution is 2.27. The van der Waals surface area contributed by atoms with Gasteiger partial charge in [0.2, 0.25) is 0 Å². The van der Waals surface area contributed by atoms with Crippen LogP contribution >= 0.6 is 0 Å². The molecule has 1 rings (SSSR count). The first kappa shape index (κ1) is 14.5. The van der Waals surface area contributed by atoms with Crippen molar-refractivity contribution < 1.29 is 14.6 Å². The van der Waals surface area contributed by atoms with Crippen molar-refractivity contribution in [3.8, 4) is 0 Å². The third-order valence-electron chi connectivity index (χ3n) is 3.42. The van der Waals surface area contributed by atoms with Crippen molar-refractivity contribution in [2.24, 2.45) is 0 Å². The first-order valence-electron chi connectivity index (χ1n) is 7.14. The molecule has 1 heterocycles. The van der Waals surface area contributed by atoms with Crippen molar-refractivity contribution >= 4 is 5.97 Å². The molecule has 0 saturated carbocycles. The zero-order valence-corrected chi connectivity index (χ0v) is 11.0. The Bertz CT molecular complexity index is 216. The summed E-state index contributed by atoms with van der Waals surface area (Å²) < 4.78 is 5.05. The van der Waals surface area contributed by atoms with Gasteiger partial charge in [0.25, 0.3) is 0 Å². The molecule has 1 aliphatic rings. The fourth-order valence-corrected chi connectivity index (χ4v) is 2.24. The van der Waals surface area contributed by atoms with Crippen LogP contribution in [0, 0.1) is 0 Å². The van der Waals surface area contributed by atoms with Gasteiger partial charge in [0.15, 0.2) is 6.10 Å². The van der Waals surface area contributed by atoms with Gasteiger partial charge < -0.3 is 9.84 Å². The lowest BCUT2D eigenvalue weighted by Gasteiger charge is -2.00. The van der Waals surface area contributed by atoms with Crippen LogP contribution in [0.4, 0.5) is 0 Å². The number of carbonyl (C=O) groups is 1. The van der Waals surface area contributed by atoms with Gasteiger partial charge in [0.05, 0.1) is 6.10 Å². The first-order valence-corrected chi connectivity index (χ1v) is 7.14. The van der Waals surface area contributed by atoms with Crippen molar-refractivity contribution in [2.45, 2.75) is 83.3 Å². The average molecular weight is 242 g/mol. The minimum Gasteiger partial charge on any atom is -0.479 e. The number of hydrogen-bond acceptors (Lipinski definition) is 2. The molecule has 0 aromatic rings. The standard InChI is InChI=1S/C14H26O3/c1-2-3-4-5-6-7-8-9-10-11-12-13(17-12)14(15)16/h12-13H,2-11H2,1H3,(H,15,16)/t12-,13-/m0/s1. The summed E-state index contributed by atoms with van der Waals surface area (Å²) in [7, 11) is 0. The number of hydrogen-bond donors (Lipinski definition) is 1. The molecule has 100 valence electrons. The van der Waals surface area contributed by atoms with Crippen LogP contribution in [0.1, 0.15) is 71.1 Å². The monoisotopic (exact) mass is 242 g/mol. The van der Waals surface area contributed by atoms with Gasteiger partial charge in [-0.1, -0.05) is 64.7 Å². The molecule has 1 saturated heterocycles. The minimum atomic E-state index is -0.800. The lowest BCUT2D eigenvalue weighted by Crippen LogP contribution is -2.07. The summed E-state index contributed by atoms with van der Waals surface area (Å²) in [4.78, 5) is 10.5. The van der Waals surface area contributed by atoms with Crippen LogP contribution in [0.3, 0.4) is 0 Å². The van der Waals surface area contributed by atoms with E-state index in [0.29, 0.717) is 0 Å². The summed E-state index contributed by atoms with van der Waals surface area (Å²) in [5.74, 6) is -0.800. The highest BCUT2D eigenvalue weighted by molar-refractivity contribution is 5.75. The van der Waals surface area contributed by atoms with E-state index in [-0.39, 0.29) is 6.10 Å². The third-order valence-corrected chi connectivity index (χ3v) is 3.42. The van der Waals surface area contributed by atoms with Crippen LogP contribution < -0.4 is 0 Å². The second kappa shape index (κ2) is 8.51. The van der Waals surface area contributed by atoms with E-state index in [1.54, 1.807) is 0 Å². The van der Waals surface area contributed by atoms with Gasteiger partial charge in [-0.3, -0.25) is 0 Å². The topological polar surface area (TPSA) is 49.8 Å². The zero-order chi connectivity index (χ0) is 12.5. The largest absolute Gasteiger partial charge is 0.479 e. The number of rotatable bonds is 11. The molecule has 2 atom stereocenters. The smallest absolute Gasteiger partial charge is 0.335 e. The Morgan fingerprint density at radius 2 is 1.53 bits per heavy atom. The van der Waals surface area contributed by atoms with Crippen LogP contribution in [0.25, 0.3) is 0 Å². The van der Waals surface area contributed by atoms with Crippen molar-refractivity contribution in [3.63, 3.8) is 0 Å². The summed E-state index contributed by atoms with van der Waals surface area (Å²) in [5.41, 5.74) is 0. The molecule has 3 nitrogen and oxygen atoms in total. The Balaban J connectivity index is 1.75. The summed E-state index contributed by atoms with van der Waals surface area (Å²) in [6.07, 6.45) is 12.2. The Morgan fingerprint density at radius 1 is 1.00 bits per heavy atom. The number of carboxylic acids is 1. The maximum absolute atomic E-state index is 10.5. The molecule has 1 fully saturated rings. The summed E-state index contributed by atoms with van der Waals surface area (Å²) in [5, 5.41) is 8.64. The first-order chi connectivity index (χ1) is 8.25. The molecule has 0 radical (unpaired) electrons. The number of epoxide rings is 1. The van der Waals surface area contributed by atoms with E-state index >= 15 is 0 Å². The van der Waals surface area contributed by atoms with Gasteiger partial charge in [-0.05, 0) is 6.42 Å². The zero-order valence-electron chi connectivity index (χ0n) is 11.0. The molecule has 1 aliphatic heterocycles. The number of ether oxygens (including phenoxy) is 1. The minimum absolute atomic E-state index is 0.0112. The second-order valence-corrected chi connectivity index (χ2v) is 5.05. The normalized spacial score (nSPS) is 22.6. The van der Waals surface area contributed by atoms with E-state index in [1.165, 1.54) is 51.4 Å². The van der Waals surface area contributed by atoms with Crippen LogP contribution in [0.2, 0.25) is 0 Å². The Labute approximate surface area is 105 Å². The predicted molar refractivity (Wildman–Crippen MR) is 68.1 cm³/mol. The van der Waals surface area contributed by atoms with Gasteiger partial charge in [0, 0.05) is 0 Å². The van der Waals surface area contributed by atoms with Gasteiger partial charge in [-0.15, -0.1) is 0 Å². The molecule has 17 heavy (non-hydrogen) atoms. The van der Waals surface area contributed by atoms with Gasteiger partial charge >= 0.3 is 5.97 Å². The van der Waals surface area contributed by atoms with E-state index in [2.05, 4.69) is 6.92 Å². The third kappa shape index (κ3) is 6.67. The number of carboxylic acid groups (broad SMARTS) is 1. The van der Waals surface area contributed by atoms with E-state index in [4.69, 9.17) is 9.84 Å². The molecule has 1 N–H and O–H groups in total. The lowest BCUT2D eigenvalue weighted by molar-refractivity contribution is -0.138. The average Bonchev–Trinajstić information content (AvgIpc) is 3.06. The predicted octanol–water partition coefficient (Wildman–Crippen LogP) is 3.76. The Morgan fingerprint density at radius 3 is 2.00 bits per heavy atom. The van der Waals surface area contributed by atoms with Crippen LogP contribution in [-0.2, 0) is 9.53 Å². The lowest BCUT2D eigenvalue weighted by atomic mass is 10.1. The van der Waals surface area contributed by atoms with Crippen molar-refractivity contribution in [3.05, 3.63) is 0 Å². The van der Waals surface area contributed by atoms with E-state index in [9.17, 15) is 4.79 Å². The number of unbranched alkanes of at least 4 members (excludes halogenated alkanes) is 8. The number of aliphatic carboxylic acids is 1. The Hall–Kier alpha value is -0.570. The van der Waals surface area contributed by atoms with E-state index < -0.39 is 12.1 Å². The highest BCUT2D eigenvalue weighted by Gasteiger charge is 2.44. The molecule has 3 heteroatoms. The molecular weight excluding hydrogens is 216 g/mol. The van der Waals surface area contributed by atoms with Gasteiger partial charge in [0.1, 0.15) is 0 Å². The van der Waals surface area contributed by atoms with Crippen molar-refractivity contribution in [2.75, 3.05) is 0 Å². The van der Waals surface area contributed by atoms with Crippen LogP contribution in [0.15, 0.2) is 0 Å². The molecule has 0 aromatic heterocycles. The van der Waals surface area contributed by atoms with Crippen LogP contribution in [0.5, 0.6) is 0 Å². The summed E-state index contributed by atoms with van der Waals surface area (Å²) in [6, 6.07) is 0. The summed E-state index contributed by atoms with van der Waals surface area (Å²) >= 11 is 0. The van der Waals surface area contributed by atoms with E-state index in [0.717, 1.165) is 12.8 Å². The fourth-order valence-electron chi connectivity index (χ4n) is 2.24. The molecule has 0 aromatic carbocycles.